The smallest absolute Gasteiger partial charge is 0.425 e. The van der Waals surface area contributed by atoms with Gasteiger partial charge in [0.2, 0.25) is 0 Å². The molecule has 0 N–H and O–H groups in total. The van der Waals surface area contributed by atoms with Gasteiger partial charge in [-0.25, -0.2) is 0 Å². The first-order valence-electron chi connectivity index (χ1n) is 11.0. The molecule has 0 saturated carbocycles. The third-order valence-electron chi connectivity index (χ3n) is 4.77. The van der Waals surface area contributed by atoms with Gasteiger partial charge in [-0.2, -0.15) is 0 Å². The van der Waals surface area contributed by atoms with Crippen molar-refractivity contribution in [2.45, 2.75) is 116 Å². The molecular formula is C18H44O4Si4. The zero-order valence-electron chi connectivity index (χ0n) is 17.9. The molecule has 1 saturated heterocycles. The largest absolute Gasteiger partial charge is 0.471 e. The third-order valence-corrected chi connectivity index (χ3v) is 15.2. The molecule has 1 fully saturated rings. The highest BCUT2D eigenvalue weighted by atomic mass is 28.5. The predicted octanol–water partition coefficient (Wildman–Crippen LogP) is 4.93. The van der Waals surface area contributed by atoms with Gasteiger partial charge in [0.1, 0.15) is 0 Å². The van der Waals surface area contributed by atoms with E-state index in [4.69, 9.17) is 16.5 Å². The summed E-state index contributed by atoms with van der Waals surface area (Å²) in [7, 11) is -5.64. The molecule has 156 valence electrons. The first-order chi connectivity index (χ1) is 12.5. The summed E-state index contributed by atoms with van der Waals surface area (Å²) in [6, 6.07) is 1.01. The molecule has 0 atom stereocenters. The fraction of sp³-hybridized carbons (Fsp3) is 1.00. The minimum absolute atomic E-state index is 0.832. The van der Waals surface area contributed by atoms with Crippen molar-refractivity contribution in [2.75, 3.05) is 0 Å². The van der Waals surface area contributed by atoms with E-state index in [1.807, 2.05) is 0 Å². The number of rotatable bonds is 16. The Morgan fingerprint density at radius 3 is 1.54 bits per heavy atom. The average molecular weight is 437 g/mol. The molecule has 0 aromatic heterocycles. The summed E-state index contributed by atoms with van der Waals surface area (Å²) in [5.74, 6) is 0. The maximum Gasteiger partial charge on any atom is 0.471 e. The standard InChI is InChI=1S/C18H44O4Si4/c1-5-6-7-8-9-10-11-12-13-14-15-16-17-18-26(22-25(2,3)4)20-23-19-24-21-26/h5-18,23-24H2,1-4H3. The molecule has 0 aromatic rings. The average Bonchev–Trinajstić information content (AvgIpc) is 2.58. The summed E-state index contributed by atoms with van der Waals surface area (Å²) in [5, 5.41) is 0. The summed E-state index contributed by atoms with van der Waals surface area (Å²) in [6.45, 7) is 8.99. The van der Waals surface area contributed by atoms with Crippen LogP contribution < -0.4 is 0 Å². The first kappa shape index (κ1) is 24.7. The van der Waals surface area contributed by atoms with E-state index in [-0.39, 0.29) is 0 Å². The molecule has 0 aliphatic carbocycles. The van der Waals surface area contributed by atoms with Crippen LogP contribution in [0.5, 0.6) is 0 Å². The molecule has 1 aliphatic heterocycles. The fourth-order valence-corrected chi connectivity index (χ4v) is 15.9. The highest BCUT2D eigenvalue weighted by Crippen LogP contribution is 2.25. The lowest BCUT2D eigenvalue weighted by molar-refractivity contribution is 0.208. The molecule has 0 aromatic carbocycles. The Hall–Kier alpha value is 0.708. The van der Waals surface area contributed by atoms with Gasteiger partial charge in [-0.15, -0.1) is 0 Å². The summed E-state index contributed by atoms with van der Waals surface area (Å²) >= 11 is 0. The van der Waals surface area contributed by atoms with Gasteiger partial charge in [0, 0.05) is 6.04 Å². The molecule has 1 heterocycles. The second kappa shape index (κ2) is 14.7. The monoisotopic (exact) mass is 436 g/mol. The van der Waals surface area contributed by atoms with Gasteiger partial charge in [-0.3, -0.25) is 0 Å². The van der Waals surface area contributed by atoms with E-state index in [9.17, 15) is 0 Å². The van der Waals surface area contributed by atoms with Crippen LogP contribution in [-0.2, 0) is 16.5 Å². The van der Waals surface area contributed by atoms with Gasteiger partial charge in [0.15, 0.2) is 8.32 Å². The van der Waals surface area contributed by atoms with Crippen molar-refractivity contribution in [1.82, 2.24) is 0 Å². The second-order valence-corrected chi connectivity index (χ2v) is 19.9. The Morgan fingerprint density at radius 2 is 1.12 bits per heavy atom. The Balaban J connectivity index is 1.99. The van der Waals surface area contributed by atoms with Crippen LogP contribution >= 0.6 is 0 Å². The predicted molar refractivity (Wildman–Crippen MR) is 121 cm³/mol. The van der Waals surface area contributed by atoms with Crippen LogP contribution in [0, 0.1) is 0 Å². The highest BCUT2D eigenvalue weighted by molar-refractivity contribution is 6.83. The third kappa shape index (κ3) is 13.0. The molecule has 0 unspecified atom stereocenters. The maximum absolute atomic E-state index is 6.40. The van der Waals surface area contributed by atoms with E-state index >= 15 is 0 Å². The minimum Gasteiger partial charge on any atom is -0.425 e. The van der Waals surface area contributed by atoms with Crippen LogP contribution in [0.25, 0.3) is 0 Å². The van der Waals surface area contributed by atoms with Crippen LogP contribution in [0.2, 0.25) is 25.7 Å². The van der Waals surface area contributed by atoms with E-state index in [0.29, 0.717) is 0 Å². The summed E-state index contributed by atoms with van der Waals surface area (Å²) in [6.07, 6.45) is 18.0. The van der Waals surface area contributed by atoms with Gasteiger partial charge in [0.05, 0.1) is 0 Å². The SMILES string of the molecule is CCCCCCCCCCCCCCC[Si]1(O[Si](C)(C)C)O[SiH2]O[SiH2]O1. The zero-order valence-corrected chi connectivity index (χ0v) is 22.8. The van der Waals surface area contributed by atoms with E-state index in [1.54, 1.807) is 0 Å². The Morgan fingerprint density at radius 1 is 0.692 bits per heavy atom. The zero-order chi connectivity index (χ0) is 19.1. The second-order valence-electron chi connectivity index (χ2n) is 8.62. The lowest BCUT2D eigenvalue weighted by Crippen LogP contribution is -2.56. The normalized spacial score (nSPS) is 23.1. The van der Waals surface area contributed by atoms with E-state index in [0.717, 1.165) is 6.04 Å². The van der Waals surface area contributed by atoms with Crippen molar-refractivity contribution in [1.29, 1.82) is 0 Å². The van der Waals surface area contributed by atoms with E-state index in [2.05, 4.69) is 26.6 Å². The molecule has 0 bridgehead atoms. The molecule has 1 aliphatic rings. The minimum atomic E-state index is -2.36. The molecule has 8 heteroatoms. The Labute approximate surface area is 169 Å². The summed E-state index contributed by atoms with van der Waals surface area (Å²) < 4.78 is 23.9. The van der Waals surface area contributed by atoms with E-state index < -0.39 is 37.1 Å². The summed E-state index contributed by atoms with van der Waals surface area (Å²) in [5.41, 5.74) is 0. The van der Waals surface area contributed by atoms with Gasteiger partial charge in [-0.1, -0.05) is 84.0 Å². The molecular weight excluding hydrogens is 393 g/mol. The molecule has 0 amide bonds. The van der Waals surface area contributed by atoms with Crippen LogP contribution in [0.3, 0.4) is 0 Å². The first-order valence-corrected chi connectivity index (χ1v) is 18.7. The lowest BCUT2D eigenvalue weighted by atomic mass is 10.1. The fourth-order valence-electron chi connectivity index (χ4n) is 3.42. The van der Waals surface area contributed by atoms with Gasteiger partial charge in [0.25, 0.3) is 20.0 Å². The van der Waals surface area contributed by atoms with Gasteiger partial charge in [-0.05, 0) is 26.1 Å². The molecule has 0 spiro atoms. The van der Waals surface area contributed by atoms with Crippen molar-refractivity contribution in [3.63, 3.8) is 0 Å². The van der Waals surface area contributed by atoms with Crippen molar-refractivity contribution < 1.29 is 16.5 Å². The van der Waals surface area contributed by atoms with Crippen molar-refractivity contribution in [3.8, 4) is 0 Å². The lowest BCUT2D eigenvalue weighted by Gasteiger charge is -2.38. The van der Waals surface area contributed by atoms with Crippen LogP contribution in [0.4, 0.5) is 0 Å². The maximum atomic E-state index is 6.40. The number of hydrogen-bond acceptors (Lipinski definition) is 4. The summed E-state index contributed by atoms with van der Waals surface area (Å²) in [4.78, 5) is 0. The molecule has 0 radical (unpaired) electrons. The quantitative estimate of drug-likeness (QED) is 0.254. The van der Waals surface area contributed by atoms with Crippen LogP contribution in [-0.4, -0.2) is 37.1 Å². The van der Waals surface area contributed by atoms with E-state index in [1.165, 1.54) is 83.5 Å². The number of unbranched alkanes of at least 4 members (excludes halogenated alkanes) is 12. The topological polar surface area (TPSA) is 36.9 Å². The molecule has 26 heavy (non-hydrogen) atoms. The Kier molecular flexibility index (Phi) is 14.0. The van der Waals surface area contributed by atoms with Crippen LogP contribution in [0.15, 0.2) is 0 Å². The van der Waals surface area contributed by atoms with Crippen LogP contribution in [0.1, 0.15) is 90.4 Å². The number of hydrogen-bond donors (Lipinski definition) is 0. The molecule has 1 rings (SSSR count). The van der Waals surface area contributed by atoms with Crippen molar-refractivity contribution in [3.05, 3.63) is 0 Å². The van der Waals surface area contributed by atoms with Crippen molar-refractivity contribution in [2.24, 2.45) is 0 Å². The van der Waals surface area contributed by atoms with Crippen molar-refractivity contribution >= 4 is 37.1 Å². The molecule has 4 nitrogen and oxygen atoms in total. The highest BCUT2D eigenvalue weighted by Gasteiger charge is 2.45. The van der Waals surface area contributed by atoms with Gasteiger partial charge >= 0.3 is 8.80 Å². The van der Waals surface area contributed by atoms with Gasteiger partial charge < -0.3 is 16.5 Å². The Bertz CT molecular complexity index is 334.